The van der Waals surface area contributed by atoms with Crippen LogP contribution in [-0.4, -0.2) is 29.5 Å². The van der Waals surface area contributed by atoms with E-state index < -0.39 is 0 Å². The van der Waals surface area contributed by atoms with E-state index in [9.17, 15) is 4.79 Å². The summed E-state index contributed by atoms with van der Waals surface area (Å²) >= 11 is 0. The normalized spacial score (nSPS) is 10.1. The molecule has 2 N–H and O–H groups in total. The molecule has 0 atom stereocenters. The summed E-state index contributed by atoms with van der Waals surface area (Å²) in [7, 11) is 1.61. The van der Waals surface area contributed by atoms with E-state index in [0.717, 1.165) is 24.3 Å². The molecule has 0 aliphatic rings. The summed E-state index contributed by atoms with van der Waals surface area (Å²) in [5.74, 6) is 1.06. The Morgan fingerprint density at radius 3 is 2.64 bits per heavy atom. The third-order valence-electron chi connectivity index (χ3n) is 3.08. The number of anilines is 1. The first kappa shape index (κ1) is 15.8. The van der Waals surface area contributed by atoms with Gasteiger partial charge in [-0.25, -0.2) is 9.97 Å². The van der Waals surface area contributed by atoms with Crippen LogP contribution in [0, 0.1) is 0 Å². The Morgan fingerprint density at radius 1 is 1.23 bits per heavy atom. The number of aromatic nitrogens is 2. The fourth-order valence-corrected chi connectivity index (χ4v) is 1.90. The number of carbonyl (C=O) groups excluding carboxylic acids is 1. The van der Waals surface area contributed by atoms with E-state index in [1.165, 1.54) is 12.4 Å². The van der Waals surface area contributed by atoms with Gasteiger partial charge in [-0.3, -0.25) is 4.79 Å². The molecule has 2 aromatic rings. The highest BCUT2D eigenvalue weighted by molar-refractivity contribution is 5.93. The fraction of sp³-hybridized carbons (Fsp3) is 0.312. The molecule has 22 heavy (non-hydrogen) atoms. The van der Waals surface area contributed by atoms with Crippen molar-refractivity contribution in [2.45, 2.75) is 19.9 Å². The van der Waals surface area contributed by atoms with Crippen LogP contribution < -0.4 is 15.4 Å². The second-order valence-electron chi connectivity index (χ2n) is 4.72. The Hall–Kier alpha value is -2.63. The molecule has 0 spiro atoms. The van der Waals surface area contributed by atoms with Gasteiger partial charge in [0, 0.05) is 31.0 Å². The molecule has 0 unspecified atom stereocenters. The Morgan fingerprint density at radius 2 is 1.95 bits per heavy atom. The summed E-state index contributed by atoms with van der Waals surface area (Å²) < 4.78 is 5.25. The molecule has 0 fully saturated rings. The standard InChI is InChI=1S/C16H20N4O2/c1-3-8-17-16-19-10-13(11-20-16)15(21)18-9-12-6-4-5-7-14(12)22-2/h4-7,10-11H,3,8-9H2,1-2H3,(H,18,21)(H,17,19,20). The van der Waals surface area contributed by atoms with Crippen LogP contribution in [0.5, 0.6) is 5.75 Å². The summed E-state index contributed by atoms with van der Waals surface area (Å²) in [6.07, 6.45) is 4.02. The van der Waals surface area contributed by atoms with Crippen LogP contribution in [-0.2, 0) is 6.54 Å². The molecule has 0 saturated heterocycles. The van der Waals surface area contributed by atoms with Crippen molar-refractivity contribution in [3.05, 3.63) is 47.8 Å². The highest BCUT2D eigenvalue weighted by Crippen LogP contribution is 2.16. The molecule has 0 aliphatic heterocycles. The summed E-state index contributed by atoms with van der Waals surface area (Å²) in [6.45, 7) is 3.25. The van der Waals surface area contributed by atoms with E-state index in [0.29, 0.717) is 18.1 Å². The SMILES string of the molecule is CCCNc1ncc(C(=O)NCc2ccccc2OC)cn1. The highest BCUT2D eigenvalue weighted by Gasteiger charge is 2.08. The topological polar surface area (TPSA) is 76.1 Å². The molecule has 2 rings (SSSR count). The minimum Gasteiger partial charge on any atom is -0.496 e. The molecule has 6 heteroatoms. The van der Waals surface area contributed by atoms with Crippen LogP contribution in [0.25, 0.3) is 0 Å². The zero-order chi connectivity index (χ0) is 15.8. The minimum absolute atomic E-state index is 0.215. The summed E-state index contributed by atoms with van der Waals surface area (Å²) in [4.78, 5) is 20.3. The van der Waals surface area contributed by atoms with Gasteiger partial charge in [-0.05, 0) is 12.5 Å². The molecule has 0 aliphatic carbocycles. The van der Waals surface area contributed by atoms with E-state index in [1.807, 2.05) is 24.3 Å². The number of nitrogens with zero attached hydrogens (tertiary/aromatic N) is 2. The number of carbonyl (C=O) groups is 1. The predicted molar refractivity (Wildman–Crippen MR) is 85.0 cm³/mol. The summed E-state index contributed by atoms with van der Waals surface area (Å²) in [6, 6.07) is 7.56. The number of benzene rings is 1. The maximum atomic E-state index is 12.1. The van der Waals surface area contributed by atoms with E-state index in [-0.39, 0.29) is 5.91 Å². The quantitative estimate of drug-likeness (QED) is 0.820. The molecule has 0 saturated carbocycles. The molecular weight excluding hydrogens is 280 g/mol. The maximum absolute atomic E-state index is 12.1. The van der Waals surface area contributed by atoms with Gasteiger partial charge in [-0.1, -0.05) is 25.1 Å². The van der Waals surface area contributed by atoms with Gasteiger partial charge in [0.25, 0.3) is 5.91 Å². The van der Waals surface area contributed by atoms with Gasteiger partial charge in [0.2, 0.25) is 5.95 Å². The van der Waals surface area contributed by atoms with Gasteiger partial charge in [0.05, 0.1) is 12.7 Å². The number of hydrogen-bond acceptors (Lipinski definition) is 5. The lowest BCUT2D eigenvalue weighted by atomic mass is 10.2. The molecule has 6 nitrogen and oxygen atoms in total. The minimum atomic E-state index is -0.215. The third-order valence-corrected chi connectivity index (χ3v) is 3.08. The van der Waals surface area contributed by atoms with Crippen molar-refractivity contribution in [2.24, 2.45) is 0 Å². The highest BCUT2D eigenvalue weighted by atomic mass is 16.5. The average molecular weight is 300 g/mol. The van der Waals surface area contributed by atoms with Gasteiger partial charge < -0.3 is 15.4 Å². The molecule has 1 amide bonds. The van der Waals surface area contributed by atoms with Gasteiger partial charge in [-0.2, -0.15) is 0 Å². The van der Waals surface area contributed by atoms with Crippen LogP contribution in [0.1, 0.15) is 29.3 Å². The molecule has 0 radical (unpaired) electrons. The van der Waals surface area contributed by atoms with Crippen molar-refractivity contribution in [2.75, 3.05) is 19.0 Å². The van der Waals surface area contributed by atoms with E-state index in [1.54, 1.807) is 7.11 Å². The first-order valence-electron chi connectivity index (χ1n) is 7.20. The first-order chi connectivity index (χ1) is 10.7. The number of methoxy groups -OCH3 is 1. The van der Waals surface area contributed by atoms with Gasteiger partial charge >= 0.3 is 0 Å². The molecule has 116 valence electrons. The van der Waals surface area contributed by atoms with Crippen molar-refractivity contribution in [3.63, 3.8) is 0 Å². The second-order valence-corrected chi connectivity index (χ2v) is 4.72. The van der Waals surface area contributed by atoms with Crippen LogP contribution in [0.2, 0.25) is 0 Å². The van der Waals surface area contributed by atoms with Gasteiger partial charge in [-0.15, -0.1) is 0 Å². The Balaban J connectivity index is 1.94. The third kappa shape index (κ3) is 4.18. The lowest BCUT2D eigenvalue weighted by Gasteiger charge is -2.09. The van der Waals surface area contributed by atoms with Crippen molar-refractivity contribution in [1.82, 2.24) is 15.3 Å². The number of rotatable bonds is 7. The van der Waals surface area contributed by atoms with Crippen LogP contribution in [0.3, 0.4) is 0 Å². The average Bonchev–Trinajstić information content (AvgIpc) is 2.58. The number of para-hydroxylation sites is 1. The smallest absolute Gasteiger partial charge is 0.254 e. The summed E-state index contributed by atoms with van der Waals surface area (Å²) in [5.41, 5.74) is 1.34. The predicted octanol–water partition coefficient (Wildman–Crippen LogP) is 2.24. The van der Waals surface area contributed by atoms with Gasteiger partial charge in [0.1, 0.15) is 5.75 Å². The molecule has 1 aromatic heterocycles. The van der Waals surface area contributed by atoms with Crippen molar-refractivity contribution in [1.29, 1.82) is 0 Å². The number of hydrogen-bond donors (Lipinski definition) is 2. The number of nitrogens with one attached hydrogen (secondary N) is 2. The van der Waals surface area contributed by atoms with Crippen molar-refractivity contribution in [3.8, 4) is 5.75 Å². The van der Waals surface area contributed by atoms with Crippen LogP contribution in [0.15, 0.2) is 36.7 Å². The first-order valence-corrected chi connectivity index (χ1v) is 7.20. The number of amides is 1. The maximum Gasteiger partial charge on any atom is 0.254 e. The Bertz CT molecular complexity index is 614. The second kappa shape index (κ2) is 7.97. The lowest BCUT2D eigenvalue weighted by molar-refractivity contribution is 0.0950. The van der Waals surface area contributed by atoms with Crippen molar-refractivity contribution < 1.29 is 9.53 Å². The fourth-order valence-electron chi connectivity index (χ4n) is 1.90. The zero-order valence-electron chi connectivity index (χ0n) is 12.8. The molecule has 0 bridgehead atoms. The monoisotopic (exact) mass is 300 g/mol. The van der Waals surface area contributed by atoms with Crippen LogP contribution in [0.4, 0.5) is 5.95 Å². The lowest BCUT2D eigenvalue weighted by Crippen LogP contribution is -2.23. The molecule has 1 heterocycles. The molecular formula is C16H20N4O2. The zero-order valence-corrected chi connectivity index (χ0v) is 12.8. The van der Waals surface area contributed by atoms with Crippen LogP contribution >= 0.6 is 0 Å². The Labute approximate surface area is 129 Å². The molecule has 1 aromatic carbocycles. The largest absolute Gasteiger partial charge is 0.496 e. The Kier molecular flexibility index (Phi) is 5.71. The van der Waals surface area contributed by atoms with Gasteiger partial charge in [0.15, 0.2) is 0 Å². The van der Waals surface area contributed by atoms with E-state index >= 15 is 0 Å². The van der Waals surface area contributed by atoms with E-state index in [4.69, 9.17) is 4.74 Å². The van der Waals surface area contributed by atoms with E-state index in [2.05, 4.69) is 27.5 Å². The van der Waals surface area contributed by atoms with Crippen molar-refractivity contribution >= 4 is 11.9 Å². The summed E-state index contributed by atoms with van der Waals surface area (Å²) in [5, 5.41) is 5.90. The number of ether oxygens (including phenoxy) is 1.